The van der Waals surface area contributed by atoms with Crippen LogP contribution in [0.5, 0.6) is 0 Å². The molecule has 3 heteroatoms. The Morgan fingerprint density at radius 1 is 0.710 bits per heavy atom. The van der Waals surface area contributed by atoms with Crippen molar-refractivity contribution in [2.75, 3.05) is 0 Å². The third-order valence-corrected chi connectivity index (χ3v) is 7.33. The minimum atomic E-state index is 0. The van der Waals surface area contributed by atoms with Gasteiger partial charge in [0.1, 0.15) is 0 Å². The van der Waals surface area contributed by atoms with Gasteiger partial charge in [-0.25, -0.2) is 23.3 Å². The predicted molar refractivity (Wildman–Crippen MR) is 126 cm³/mol. The van der Waals surface area contributed by atoms with Gasteiger partial charge in [-0.2, -0.15) is 12.2 Å². The summed E-state index contributed by atoms with van der Waals surface area (Å²) in [5.41, 5.74) is 3.72. The summed E-state index contributed by atoms with van der Waals surface area (Å²) in [6.07, 6.45) is 25.8. The van der Waals surface area contributed by atoms with Crippen LogP contribution in [0.3, 0.4) is 0 Å². The molecule has 0 aromatic heterocycles. The molecule has 2 aliphatic rings. The molecule has 176 valence electrons. The molecule has 0 aliphatic heterocycles. The molecule has 0 bridgehead atoms. The normalized spacial score (nSPS) is 18.0. The molecular formula is C28H46Cl2Zr. The Morgan fingerprint density at radius 2 is 1.03 bits per heavy atom. The van der Waals surface area contributed by atoms with Crippen molar-refractivity contribution in [1.29, 1.82) is 0 Å². The minimum Gasteiger partial charge on any atom is -1.00 e. The van der Waals surface area contributed by atoms with Gasteiger partial charge in [0.15, 0.2) is 0 Å². The summed E-state index contributed by atoms with van der Waals surface area (Å²) < 4.78 is 0. The van der Waals surface area contributed by atoms with Crippen molar-refractivity contribution in [3.8, 4) is 0 Å². The smallest absolute Gasteiger partial charge is 1.00 e. The molecular weight excluding hydrogens is 498 g/mol. The fraction of sp³-hybridized carbons (Fsp3) is 0.714. The Morgan fingerprint density at radius 3 is 1.19 bits per heavy atom. The van der Waals surface area contributed by atoms with Crippen LogP contribution in [0, 0.1) is 34.8 Å². The van der Waals surface area contributed by atoms with Crippen molar-refractivity contribution in [3.63, 3.8) is 0 Å². The van der Waals surface area contributed by atoms with Gasteiger partial charge in [-0.3, -0.25) is 12.2 Å². The van der Waals surface area contributed by atoms with Crippen LogP contribution in [0.1, 0.15) is 107 Å². The zero-order valence-electron chi connectivity index (χ0n) is 21.4. The van der Waals surface area contributed by atoms with E-state index in [9.17, 15) is 0 Å². The van der Waals surface area contributed by atoms with Gasteiger partial charge < -0.3 is 24.8 Å². The van der Waals surface area contributed by atoms with Crippen LogP contribution >= 0.6 is 0 Å². The average Bonchev–Trinajstić information content (AvgIpc) is 3.38. The van der Waals surface area contributed by atoms with E-state index in [2.05, 4.69) is 91.8 Å². The number of rotatable bonds is 10. The number of hydrogen-bond acceptors (Lipinski definition) is 0. The first-order valence-corrected chi connectivity index (χ1v) is 11.9. The summed E-state index contributed by atoms with van der Waals surface area (Å²) in [5, 5.41) is 0. The fourth-order valence-electron chi connectivity index (χ4n) is 5.41. The maximum absolute atomic E-state index is 3.52. The molecule has 0 aromatic carbocycles. The topological polar surface area (TPSA) is 0 Å². The van der Waals surface area contributed by atoms with Gasteiger partial charge in [-0.05, 0) is 48.3 Å². The van der Waals surface area contributed by atoms with Crippen molar-refractivity contribution in [2.45, 2.75) is 107 Å². The second kappa shape index (κ2) is 17.8. The summed E-state index contributed by atoms with van der Waals surface area (Å²) in [4.78, 5) is 0. The van der Waals surface area contributed by atoms with E-state index in [1.165, 1.54) is 49.7 Å². The van der Waals surface area contributed by atoms with E-state index in [1.807, 2.05) is 0 Å². The summed E-state index contributed by atoms with van der Waals surface area (Å²) >= 11 is 0. The molecule has 0 N–H and O–H groups in total. The molecule has 2 atom stereocenters. The van der Waals surface area contributed by atoms with Gasteiger partial charge in [0.05, 0.1) is 0 Å². The van der Waals surface area contributed by atoms with E-state index in [0.29, 0.717) is 10.8 Å². The third-order valence-electron chi connectivity index (χ3n) is 7.33. The van der Waals surface area contributed by atoms with E-state index >= 15 is 0 Å². The third kappa shape index (κ3) is 8.94. The standard InChI is InChI=1S/2C14H23.2ClH.Zr/c2*1-5-11-14(6-2,12(3)4)13-9-7-8-10-13;;;/h2*7,9,12H,5-6,8,11H2,1-4H3;2*1H;/q2*-1;;;+4/p-2. The molecule has 0 nitrogen and oxygen atoms in total. The molecule has 2 rings (SSSR count). The van der Waals surface area contributed by atoms with E-state index in [1.54, 1.807) is 0 Å². The molecule has 0 amide bonds. The van der Waals surface area contributed by atoms with E-state index in [4.69, 9.17) is 0 Å². The molecule has 31 heavy (non-hydrogen) atoms. The van der Waals surface area contributed by atoms with E-state index < -0.39 is 0 Å². The molecule has 2 unspecified atom stereocenters. The molecule has 0 fully saturated rings. The van der Waals surface area contributed by atoms with Crippen molar-refractivity contribution >= 4 is 0 Å². The molecule has 0 radical (unpaired) electrons. The average molecular weight is 545 g/mol. The second-order valence-corrected chi connectivity index (χ2v) is 9.22. The Balaban J connectivity index is -0.000000461. The first kappa shape index (κ1) is 36.0. The van der Waals surface area contributed by atoms with Crippen LogP contribution < -0.4 is 24.8 Å². The predicted octanol–water partition coefficient (Wildman–Crippen LogP) is 3.06. The number of hydrogen-bond donors (Lipinski definition) is 0. The van der Waals surface area contributed by atoms with E-state index in [-0.39, 0.29) is 51.0 Å². The van der Waals surface area contributed by atoms with E-state index in [0.717, 1.165) is 24.7 Å². The van der Waals surface area contributed by atoms with Crippen molar-refractivity contribution in [1.82, 2.24) is 0 Å². The van der Waals surface area contributed by atoms with Crippen molar-refractivity contribution < 1.29 is 51.0 Å². The van der Waals surface area contributed by atoms with Gasteiger partial charge in [0, 0.05) is 0 Å². The Labute approximate surface area is 226 Å². The molecule has 0 spiro atoms. The molecule has 0 saturated heterocycles. The Kier molecular flexibility index (Phi) is 20.7. The zero-order chi connectivity index (χ0) is 21.2. The van der Waals surface area contributed by atoms with Crippen LogP contribution in [-0.4, -0.2) is 0 Å². The Hall–Kier alpha value is 0.423. The van der Waals surface area contributed by atoms with Crippen LogP contribution in [-0.2, 0) is 26.2 Å². The number of halogens is 2. The monoisotopic (exact) mass is 542 g/mol. The SMILES string of the molecule is CCCC(CC)(C1=[C-]CC=C1)C(C)C.CCCC(CC)(C1=[C-]CC=C1)C(C)C.[Cl-].[Cl-].[Zr+4]. The minimum absolute atomic E-state index is 0. The molecule has 2 aliphatic carbocycles. The van der Waals surface area contributed by atoms with Gasteiger partial charge in [-0.1, -0.05) is 68.2 Å². The quantitative estimate of drug-likeness (QED) is 0.371. The Bertz CT molecular complexity index is 534. The van der Waals surface area contributed by atoms with Crippen LogP contribution in [0.15, 0.2) is 35.5 Å². The van der Waals surface area contributed by atoms with Crippen molar-refractivity contribution in [2.24, 2.45) is 22.7 Å². The van der Waals surface area contributed by atoms with Crippen LogP contribution in [0.25, 0.3) is 0 Å². The van der Waals surface area contributed by atoms with Gasteiger partial charge in [0.25, 0.3) is 0 Å². The zero-order valence-corrected chi connectivity index (χ0v) is 25.3. The number of allylic oxidation sites excluding steroid dienone is 8. The first-order chi connectivity index (χ1) is 13.3. The van der Waals surface area contributed by atoms with Crippen molar-refractivity contribution in [3.05, 3.63) is 47.6 Å². The van der Waals surface area contributed by atoms with Gasteiger partial charge >= 0.3 is 26.2 Å². The summed E-state index contributed by atoms with van der Waals surface area (Å²) in [7, 11) is 0. The molecule has 0 saturated carbocycles. The summed E-state index contributed by atoms with van der Waals surface area (Å²) in [5.74, 6) is 1.44. The first-order valence-electron chi connectivity index (χ1n) is 11.9. The van der Waals surface area contributed by atoms with Crippen LogP contribution in [0.4, 0.5) is 0 Å². The van der Waals surface area contributed by atoms with Crippen LogP contribution in [0.2, 0.25) is 0 Å². The van der Waals surface area contributed by atoms with Gasteiger partial charge in [-0.15, -0.1) is 12.8 Å². The summed E-state index contributed by atoms with van der Waals surface area (Å²) in [6, 6.07) is 0. The van der Waals surface area contributed by atoms with Gasteiger partial charge in [0.2, 0.25) is 0 Å². The largest absolute Gasteiger partial charge is 4.00 e. The second-order valence-electron chi connectivity index (χ2n) is 9.22. The maximum Gasteiger partial charge on any atom is 4.00 e. The fourth-order valence-corrected chi connectivity index (χ4v) is 5.41. The summed E-state index contributed by atoms with van der Waals surface area (Å²) in [6.45, 7) is 18.6. The maximum atomic E-state index is 3.52. The molecule has 0 aromatic rings. The molecule has 0 heterocycles.